The second kappa shape index (κ2) is 11.6. The largest absolute Gasteiger partial charge is 0.405 e. The SMILES string of the molecule is CCn1c(=C=C(C#N)C(=O)NCC(F)(F)F)sc(=C=CNc2cccc(NC(=O)C(C)(C)O)c2)c1=O. The van der Waals surface area contributed by atoms with Crippen molar-refractivity contribution in [1.29, 1.82) is 5.26 Å². The van der Waals surface area contributed by atoms with Crippen LogP contribution in [-0.2, 0) is 16.1 Å². The number of rotatable bonds is 7. The Labute approximate surface area is 207 Å². The summed E-state index contributed by atoms with van der Waals surface area (Å²) in [6, 6.07) is 8.02. The molecule has 1 aromatic carbocycles. The third-order valence-corrected chi connectivity index (χ3v) is 5.35. The molecule has 13 heteroatoms. The highest BCUT2D eigenvalue weighted by Gasteiger charge is 2.28. The summed E-state index contributed by atoms with van der Waals surface area (Å²) in [6.07, 6.45) is -3.32. The first-order valence-corrected chi connectivity index (χ1v) is 11.2. The van der Waals surface area contributed by atoms with E-state index in [4.69, 9.17) is 5.26 Å². The topological polar surface area (TPSA) is 136 Å². The van der Waals surface area contributed by atoms with Crippen molar-refractivity contribution >= 4 is 46.0 Å². The van der Waals surface area contributed by atoms with Crippen LogP contribution in [0.4, 0.5) is 24.5 Å². The zero-order valence-corrected chi connectivity index (χ0v) is 20.2. The first kappa shape index (κ1) is 28.2. The Bertz CT molecular complexity index is 1450. The molecule has 0 aliphatic carbocycles. The lowest BCUT2D eigenvalue weighted by Crippen LogP contribution is -2.36. The minimum atomic E-state index is -4.65. The number of aliphatic hydroxyl groups is 1. The van der Waals surface area contributed by atoms with Crippen LogP contribution in [0.2, 0.25) is 0 Å². The van der Waals surface area contributed by atoms with Gasteiger partial charge in [-0.2, -0.15) is 18.4 Å². The summed E-state index contributed by atoms with van der Waals surface area (Å²) in [5.41, 5.74) is 3.34. The lowest BCUT2D eigenvalue weighted by Gasteiger charge is -2.16. The predicted molar refractivity (Wildman–Crippen MR) is 128 cm³/mol. The molecule has 0 saturated carbocycles. The molecule has 0 unspecified atom stereocenters. The van der Waals surface area contributed by atoms with Crippen molar-refractivity contribution in [3.63, 3.8) is 0 Å². The lowest BCUT2D eigenvalue weighted by molar-refractivity contribution is -0.136. The molecule has 0 spiro atoms. The van der Waals surface area contributed by atoms with Gasteiger partial charge in [0.15, 0.2) is 5.57 Å². The number of carbonyl (C=O) groups excluding carboxylic acids is 2. The van der Waals surface area contributed by atoms with E-state index in [1.807, 2.05) is 0 Å². The quantitative estimate of drug-likeness (QED) is 0.319. The monoisotopic (exact) mass is 521 g/mol. The van der Waals surface area contributed by atoms with Crippen LogP contribution in [0, 0.1) is 11.3 Å². The molecule has 0 aliphatic rings. The number of thiazole rings is 1. The standard InChI is InChI=1S/C23H22F3N5O4S/c1-4-31-18(10-14(12-27)19(32)29-13-23(24,25)26)36-17(20(31)33)8-9-28-15-6-5-7-16(11-15)30-21(34)22(2,3)35/h5-7,9,11,28,35H,4,13H2,1-3H3,(H,29,32)(H,30,34). The van der Waals surface area contributed by atoms with Crippen molar-refractivity contribution in [2.45, 2.75) is 39.1 Å². The Balaban J connectivity index is 2.41. The molecule has 4 N–H and O–H groups in total. The minimum Gasteiger partial charge on any atom is -0.381 e. The molecule has 9 nitrogen and oxygen atoms in total. The smallest absolute Gasteiger partial charge is 0.381 e. The summed E-state index contributed by atoms with van der Waals surface area (Å²) in [4.78, 5) is 36.5. The van der Waals surface area contributed by atoms with Crippen LogP contribution < -0.4 is 30.7 Å². The zero-order valence-electron chi connectivity index (χ0n) is 19.4. The molecule has 0 bridgehead atoms. The maximum absolute atomic E-state index is 12.6. The first-order valence-electron chi connectivity index (χ1n) is 10.4. The molecule has 1 aromatic heterocycles. The molecular weight excluding hydrogens is 499 g/mol. The van der Waals surface area contributed by atoms with Crippen LogP contribution in [0.15, 0.2) is 40.8 Å². The molecule has 1 heterocycles. The van der Waals surface area contributed by atoms with Gasteiger partial charge in [0.25, 0.3) is 17.4 Å². The number of hydrogen-bond donors (Lipinski definition) is 4. The first-order chi connectivity index (χ1) is 16.7. The summed E-state index contributed by atoms with van der Waals surface area (Å²) in [5, 5.41) is 25.9. The summed E-state index contributed by atoms with van der Waals surface area (Å²) in [7, 11) is 0. The van der Waals surface area contributed by atoms with Gasteiger partial charge >= 0.3 is 6.18 Å². The number of anilines is 2. The number of carbonyl (C=O) groups is 2. The van der Waals surface area contributed by atoms with E-state index in [-0.39, 0.29) is 15.7 Å². The molecule has 0 radical (unpaired) electrons. The van der Waals surface area contributed by atoms with Gasteiger partial charge in [0, 0.05) is 24.1 Å². The number of amides is 2. The van der Waals surface area contributed by atoms with E-state index in [1.165, 1.54) is 30.7 Å². The van der Waals surface area contributed by atoms with E-state index >= 15 is 0 Å². The molecular formula is C23H22F3N5O4S. The number of halogens is 3. The van der Waals surface area contributed by atoms with Gasteiger partial charge in [-0.1, -0.05) is 28.9 Å². The van der Waals surface area contributed by atoms with Gasteiger partial charge < -0.3 is 21.1 Å². The molecule has 0 atom stereocenters. The summed E-state index contributed by atoms with van der Waals surface area (Å²) in [6.45, 7) is 2.87. The third kappa shape index (κ3) is 8.01. The molecule has 0 saturated heterocycles. The van der Waals surface area contributed by atoms with Crippen LogP contribution in [0.3, 0.4) is 0 Å². The Morgan fingerprint density at radius 2 is 1.92 bits per heavy atom. The average molecular weight is 522 g/mol. The van der Waals surface area contributed by atoms with Crippen molar-refractivity contribution in [3.05, 3.63) is 55.6 Å². The Kier molecular flexibility index (Phi) is 9.06. The number of nitrogens with one attached hydrogen (secondary N) is 3. The minimum absolute atomic E-state index is 0.0634. The van der Waals surface area contributed by atoms with Crippen LogP contribution in [-0.4, -0.2) is 39.8 Å². The van der Waals surface area contributed by atoms with Crippen LogP contribution >= 0.6 is 11.3 Å². The number of nitrogens with zero attached hydrogens (tertiary/aromatic N) is 2. The summed E-state index contributed by atoms with van der Waals surface area (Å²) < 4.78 is 38.4. The fourth-order valence-corrected chi connectivity index (χ4v) is 3.53. The van der Waals surface area contributed by atoms with Gasteiger partial charge in [0.2, 0.25) is 0 Å². The maximum Gasteiger partial charge on any atom is 0.405 e. The molecule has 36 heavy (non-hydrogen) atoms. The van der Waals surface area contributed by atoms with Crippen LogP contribution in [0.5, 0.6) is 0 Å². The Morgan fingerprint density at radius 3 is 2.50 bits per heavy atom. The van der Waals surface area contributed by atoms with Crippen molar-refractivity contribution in [1.82, 2.24) is 9.88 Å². The number of aromatic nitrogens is 1. The van der Waals surface area contributed by atoms with Crippen molar-refractivity contribution in [2.24, 2.45) is 0 Å². The lowest BCUT2D eigenvalue weighted by atomic mass is 10.1. The van der Waals surface area contributed by atoms with Crippen molar-refractivity contribution < 1.29 is 27.9 Å². The summed E-state index contributed by atoms with van der Waals surface area (Å²) >= 11 is 0.843. The van der Waals surface area contributed by atoms with Crippen molar-refractivity contribution in [3.8, 4) is 6.07 Å². The van der Waals surface area contributed by atoms with E-state index in [2.05, 4.69) is 22.1 Å². The van der Waals surface area contributed by atoms with Crippen LogP contribution in [0.1, 0.15) is 20.8 Å². The normalized spacial score (nSPS) is 10.9. The molecule has 2 aromatic rings. The molecule has 190 valence electrons. The highest BCUT2D eigenvalue weighted by molar-refractivity contribution is 7.07. The van der Waals surface area contributed by atoms with Gasteiger partial charge in [-0.3, -0.25) is 19.0 Å². The van der Waals surface area contributed by atoms with Gasteiger partial charge in [-0.05, 0) is 39.0 Å². The number of hydrogen-bond acceptors (Lipinski definition) is 7. The summed E-state index contributed by atoms with van der Waals surface area (Å²) in [5.74, 6) is -1.86. The van der Waals surface area contributed by atoms with E-state index in [0.717, 1.165) is 11.3 Å². The highest BCUT2D eigenvalue weighted by atomic mass is 32.1. The fourth-order valence-electron chi connectivity index (χ4n) is 2.55. The van der Waals surface area contributed by atoms with E-state index in [0.29, 0.717) is 11.4 Å². The van der Waals surface area contributed by atoms with Gasteiger partial charge in [0.05, 0.1) is 0 Å². The second-order valence-corrected chi connectivity index (χ2v) is 8.72. The second-order valence-electron chi connectivity index (χ2n) is 7.72. The van der Waals surface area contributed by atoms with E-state index in [1.54, 1.807) is 36.5 Å². The number of benzene rings is 1. The van der Waals surface area contributed by atoms with Gasteiger partial charge in [-0.15, -0.1) is 0 Å². The molecule has 2 rings (SSSR count). The highest BCUT2D eigenvalue weighted by Crippen LogP contribution is 2.16. The van der Waals surface area contributed by atoms with Crippen molar-refractivity contribution in [2.75, 3.05) is 17.2 Å². The van der Waals surface area contributed by atoms with Crippen LogP contribution in [0.25, 0.3) is 11.5 Å². The Hall–Kier alpha value is -4.07. The van der Waals surface area contributed by atoms with Gasteiger partial charge in [0.1, 0.15) is 27.4 Å². The maximum atomic E-state index is 12.6. The number of nitriles is 1. The molecule has 0 aliphatic heterocycles. The zero-order chi connectivity index (χ0) is 27.1. The molecule has 0 fully saturated rings. The predicted octanol–water partition coefficient (Wildman–Crippen LogP) is 1.15. The average Bonchev–Trinajstić information content (AvgIpc) is 3.09. The number of alkyl halides is 3. The van der Waals surface area contributed by atoms with Gasteiger partial charge in [-0.25, -0.2) is 0 Å². The van der Waals surface area contributed by atoms with E-state index < -0.39 is 41.3 Å². The molecule has 2 amide bonds. The fraction of sp³-hybridized carbons (Fsp3) is 0.304. The van der Waals surface area contributed by atoms with E-state index in [9.17, 15) is 32.7 Å². The Morgan fingerprint density at radius 1 is 1.25 bits per heavy atom. The third-order valence-electron chi connectivity index (χ3n) is 4.34.